The van der Waals surface area contributed by atoms with Crippen LogP contribution in [0.4, 0.5) is 10.7 Å². The number of carbonyl (C=O) groups excluding carboxylic acids is 1. The van der Waals surface area contributed by atoms with Gasteiger partial charge in [-0.05, 0) is 34.0 Å². The number of nitrogens with two attached hydrogens (primary N) is 1. The SMILES string of the molecule is CCOC(=O)c1sc(NCCCN(C)C)c(C#N)c1N. The van der Waals surface area contributed by atoms with Gasteiger partial charge in [0.1, 0.15) is 21.5 Å². The van der Waals surface area contributed by atoms with E-state index in [9.17, 15) is 4.79 Å². The van der Waals surface area contributed by atoms with Crippen LogP contribution in [0.25, 0.3) is 0 Å². The van der Waals surface area contributed by atoms with E-state index >= 15 is 0 Å². The fourth-order valence-corrected chi connectivity index (χ4v) is 2.62. The minimum atomic E-state index is -0.479. The highest BCUT2D eigenvalue weighted by molar-refractivity contribution is 7.18. The van der Waals surface area contributed by atoms with Gasteiger partial charge in [-0.25, -0.2) is 4.79 Å². The Kier molecular flexibility index (Phi) is 6.28. The average molecular weight is 296 g/mol. The molecule has 0 atom stereocenters. The molecule has 0 bridgehead atoms. The molecular formula is C13H20N4O2S. The maximum atomic E-state index is 11.7. The molecular weight excluding hydrogens is 276 g/mol. The van der Waals surface area contributed by atoms with Crippen molar-refractivity contribution in [1.29, 1.82) is 5.26 Å². The van der Waals surface area contributed by atoms with Crippen molar-refractivity contribution in [2.24, 2.45) is 0 Å². The van der Waals surface area contributed by atoms with Gasteiger partial charge in [-0.3, -0.25) is 0 Å². The summed E-state index contributed by atoms with van der Waals surface area (Å²) in [5, 5.41) is 12.9. The molecule has 6 nitrogen and oxygen atoms in total. The second-order valence-electron chi connectivity index (χ2n) is 4.46. The van der Waals surface area contributed by atoms with Crippen LogP contribution < -0.4 is 11.1 Å². The van der Waals surface area contributed by atoms with Crippen LogP contribution in [0, 0.1) is 11.3 Å². The molecule has 110 valence electrons. The third-order valence-corrected chi connectivity index (χ3v) is 3.73. The second kappa shape index (κ2) is 7.72. The van der Waals surface area contributed by atoms with Gasteiger partial charge in [0, 0.05) is 6.54 Å². The van der Waals surface area contributed by atoms with Crippen LogP contribution in [0.2, 0.25) is 0 Å². The van der Waals surface area contributed by atoms with E-state index in [0.29, 0.717) is 15.4 Å². The van der Waals surface area contributed by atoms with Crippen molar-refractivity contribution in [2.75, 3.05) is 44.8 Å². The van der Waals surface area contributed by atoms with Gasteiger partial charge in [-0.15, -0.1) is 11.3 Å². The predicted octanol–water partition coefficient (Wildman–Crippen LogP) is 1.74. The lowest BCUT2D eigenvalue weighted by molar-refractivity contribution is 0.0533. The smallest absolute Gasteiger partial charge is 0.350 e. The molecule has 0 fully saturated rings. The Hall–Kier alpha value is -1.78. The number of esters is 1. The number of carbonyl (C=O) groups is 1. The van der Waals surface area contributed by atoms with Crippen LogP contribution in [0.15, 0.2) is 0 Å². The summed E-state index contributed by atoms with van der Waals surface area (Å²) < 4.78 is 4.93. The highest BCUT2D eigenvalue weighted by Gasteiger charge is 2.21. The van der Waals surface area contributed by atoms with Crippen molar-refractivity contribution in [3.63, 3.8) is 0 Å². The molecule has 0 aliphatic heterocycles. The number of ether oxygens (including phenoxy) is 1. The number of rotatable bonds is 7. The summed E-state index contributed by atoms with van der Waals surface area (Å²) in [4.78, 5) is 14.1. The molecule has 0 saturated carbocycles. The Morgan fingerprint density at radius 2 is 2.25 bits per heavy atom. The van der Waals surface area contributed by atoms with Gasteiger partial charge in [0.15, 0.2) is 0 Å². The van der Waals surface area contributed by atoms with Gasteiger partial charge in [-0.2, -0.15) is 5.26 Å². The molecule has 0 aliphatic rings. The zero-order valence-corrected chi connectivity index (χ0v) is 12.8. The number of nitriles is 1. The quantitative estimate of drug-likeness (QED) is 0.588. The number of thiophene rings is 1. The molecule has 7 heteroatoms. The van der Waals surface area contributed by atoms with Crippen molar-refractivity contribution in [1.82, 2.24) is 4.90 Å². The Morgan fingerprint density at radius 1 is 1.55 bits per heavy atom. The highest BCUT2D eigenvalue weighted by Crippen LogP contribution is 2.35. The van der Waals surface area contributed by atoms with Crippen LogP contribution >= 0.6 is 11.3 Å². The predicted molar refractivity (Wildman–Crippen MR) is 81.1 cm³/mol. The van der Waals surface area contributed by atoms with Gasteiger partial charge in [0.05, 0.1) is 12.3 Å². The summed E-state index contributed by atoms with van der Waals surface area (Å²) in [6.45, 7) is 3.67. The largest absolute Gasteiger partial charge is 0.462 e. The topological polar surface area (TPSA) is 91.4 Å². The summed E-state index contributed by atoms with van der Waals surface area (Å²) in [5.74, 6) is -0.479. The fraction of sp³-hybridized carbons (Fsp3) is 0.538. The average Bonchev–Trinajstić information content (AvgIpc) is 2.71. The van der Waals surface area contributed by atoms with Crippen molar-refractivity contribution in [3.05, 3.63) is 10.4 Å². The first-order valence-electron chi connectivity index (χ1n) is 6.39. The zero-order chi connectivity index (χ0) is 15.1. The fourth-order valence-electron chi connectivity index (χ4n) is 1.62. The number of hydrogen-bond acceptors (Lipinski definition) is 7. The van der Waals surface area contributed by atoms with E-state index in [1.54, 1.807) is 6.92 Å². The molecule has 0 unspecified atom stereocenters. The zero-order valence-electron chi connectivity index (χ0n) is 12.0. The lowest BCUT2D eigenvalue weighted by atomic mass is 10.2. The van der Waals surface area contributed by atoms with Gasteiger partial charge in [0.2, 0.25) is 0 Å². The van der Waals surface area contributed by atoms with E-state index < -0.39 is 5.97 Å². The third-order valence-electron chi connectivity index (χ3n) is 2.59. The van der Waals surface area contributed by atoms with Crippen molar-refractivity contribution < 1.29 is 9.53 Å². The first kappa shape index (κ1) is 16.3. The molecule has 0 spiro atoms. The monoisotopic (exact) mass is 296 g/mol. The van der Waals surface area contributed by atoms with Crippen molar-refractivity contribution in [3.8, 4) is 6.07 Å². The molecule has 1 aromatic heterocycles. The van der Waals surface area contributed by atoms with Gasteiger partial charge < -0.3 is 20.7 Å². The minimum Gasteiger partial charge on any atom is -0.462 e. The molecule has 0 aliphatic carbocycles. The Bertz CT molecular complexity index is 505. The normalized spacial score (nSPS) is 10.3. The number of nitrogens with zero attached hydrogens (tertiary/aromatic N) is 2. The molecule has 1 rings (SSSR count). The molecule has 20 heavy (non-hydrogen) atoms. The molecule has 1 heterocycles. The lowest BCUT2D eigenvalue weighted by Gasteiger charge is -2.09. The second-order valence-corrected chi connectivity index (χ2v) is 5.49. The number of hydrogen-bond donors (Lipinski definition) is 2. The van der Waals surface area contributed by atoms with E-state index in [-0.39, 0.29) is 12.3 Å². The first-order valence-corrected chi connectivity index (χ1v) is 7.21. The maximum absolute atomic E-state index is 11.7. The number of nitrogen functional groups attached to an aromatic ring is 1. The van der Waals surface area contributed by atoms with Crippen LogP contribution in [0.5, 0.6) is 0 Å². The first-order chi connectivity index (χ1) is 9.51. The molecule has 1 aromatic rings. The van der Waals surface area contributed by atoms with E-state index in [4.69, 9.17) is 15.7 Å². The molecule has 3 N–H and O–H groups in total. The van der Waals surface area contributed by atoms with Crippen molar-refractivity contribution in [2.45, 2.75) is 13.3 Å². The van der Waals surface area contributed by atoms with E-state index in [1.165, 1.54) is 11.3 Å². The molecule has 0 amide bonds. The summed E-state index contributed by atoms with van der Waals surface area (Å²) in [6, 6.07) is 2.04. The van der Waals surface area contributed by atoms with Crippen LogP contribution in [0.3, 0.4) is 0 Å². The van der Waals surface area contributed by atoms with E-state index in [2.05, 4.69) is 10.2 Å². The van der Waals surface area contributed by atoms with Gasteiger partial charge in [-0.1, -0.05) is 0 Å². The molecule has 0 radical (unpaired) electrons. The van der Waals surface area contributed by atoms with E-state index in [1.807, 2.05) is 20.2 Å². The summed E-state index contributed by atoms with van der Waals surface area (Å²) >= 11 is 1.17. The lowest BCUT2D eigenvalue weighted by Crippen LogP contribution is -2.16. The van der Waals surface area contributed by atoms with Gasteiger partial charge >= 0.3 is 5.97 Å². The standard InChI is InChI=1S/C13H20N4O2S/c1-4-19-13(18)11-10(15)9(8-14)12(20-11)16-6-5-7-17(2)3/h16H,4-7,15H2,1-3H3. The van der Waals surface area contributed by atoms with Crippen LogP contribution in [-0.4, -0.2) is 44.7 Å². The molecule has 0 aromatic carbocycles. The molecule has 0 saturated heterocycles. The highest BCUT2D eigenvalue weighted by atomic mass is 32.1. The third kappa shape index (κ3) is 4.11. The Balaban J connectivity index is 2.78. The summed E-state index contributed by atoms with van der Waals surface area (Å²) in [5.41, 5.74) is 6.36. The summed E-state index contributed by atoms with van der Waals surface area (Å²) in [6.07, 6.45) is 0.935. The van der Waals surface area contributed by atoms with Crippen LogP contribution in [-0.2, 0) is 4.74 Å². The number of anilines is 2. The number of nitrogens with one attached hydrogen (secondary N) is 1. The van der Waals surface area contributed by atoms with Crippen LogP contribution in [0.1, 0.15) is 28.6 Å². The maximum Gasteiger partial charge on any atom is 0.350 e. The minimum absolute atomic E-state index is 0.200. The Labute approximate surface area is 123 Å². The van der Waals surface area contributed by atoms with E-state index in [0.717, 1.165) is 19.5 Å². The summed E-state index contributed by atoms with van der Waals surface area (Å²) in [7, 11) is 4.01. The van der Waals surface area contributed by atoms with Crippen molar-refractivity contribution >= 4 is 28.0 Å². The Morgan fingerprint density at radius 3 is 2.80 bits per heavy atom. The van der Waals surface area contributed by atoms with Gasteiger partial charge in [0.25, 0.3) is 0 Å².